The summed E-state index contributed by atoms with van der Waals surface area (Å²) in [5.74, 6) is -1.70. The van der Waals surface area contributed by atoms with E-state index in [0.717, 1.165) is 18.7 Å². The quantitative estimate of drug-likeness (QED) is 0.772. The Morgan fingerprint density at radius 2 is 2.00 bits per heavy atom. The van der Waals surface area contributed by atoms with Gasteiger partial charge in [0.1, 0.15) is 17.2 Å². The topological polar surface area (TPSA) is 38.3 Å². The van der Waals surface area contributed by atoms with E-state index in [1.54, 1.807) is 0 Å². The summed E-state index contributed by atoms with van der Waals surface area (Å²) in [6, 6.07) is 3.36. The van der Waals surface area contributed by atoms with Crippen LogP contribution in [0.15, 0.2) is 18.2 Å². The van der Waals surface area contributed by atoms with Crippen molar-refractivity contribution >= 4 is 5.91 Å². The molecule has 0 aliphatic heterocycles. The summed E-state index contributed by atoms with van der Waals surface area (Å²) in [7, 11) is 0. The average molecular weight is 269 g/mol. The van der Waals surface area contributed by atoms with Crippen LogP contribution in [0.25, 0.3) is 0 Å². The Hall–Kier alpha value is -1.49. The van der Waals surface area contributed by atoms with Gasteiger partial charge in [0.2, 0.25) is 0 Å². The van der Waals surface area contributed by atoms with E-state index in [2.05, 4.69) is 5.32 Å². The van der Waals surface area contributed by atoms with Crippen molar-refractivity contribution in [3.8, 4) is 0 Å². The largest absolute Gasteiger partial charge is 0.381 e. The zero-order valence-electron chi connectivity index (χ0n) is 10.6. The first kappa shape index (κ1) is 13.9. The molecule has 0 aromatic heterocycles. The van der Waals surface area contributed by atoms with Crippen molar-refractivity contribution in [2.75, 3.05) is 19.8 Å². The predicted molar refractivity (Wildman–Crippen MR) is 66.9 cm³/mol. The van der Waals surface area contributed by atoms with Crippen LogP contribution in [-0.2, 0) is 4.74 Å². The van der Waals surface area contributed by atoms with Crippen LogP contribution in [-0.4, -0.2) is 25.7 Å². The molecular weight excluding hydrogens is 252 g/mol. The van der Waals surface area contributed by atoms with E-state index >= 15 is 0 Å². The van der Waals surface area contributed by atoms with Gasteiger partial charge in [-0.05, 0) is 37.3 Å². The summed E-state index contributed by atoms with van der Waals surface area (Å²) >= 11 is 0. The molecule has 0 atom stereocenters. The zero-order valence-corrected chi connectivity index (χ0v) is 10.6. The molecule has 2 rings (SSSR count). The number of halogens is 2. The van der Waals surface area contributed by atoms with Gasteiger partial charge in [-0.1, -0.05) is 6.07 Å². The second-order valence-electron chi connectivity index (χ2n) is 4.72. The fourth-order valence-electron chi connectivity index (χ4n) is 1.71. The number of carbonyl (C=O) groups excluding carboxylic acids is 1. The van der Waals surface area contributed by atoms with Crippen LogP contribution < -0.4 is 5.32 Å². The number of hydrogen-bond donors (Lipinski definition) is 1. The molecule has 1 N–H and O–H groups in total. The van der Waals surface area contributed by atoms with Crippen LogP contribution >= 0.6 is 0 Å². The molecule has 3 nitrogen and oxygen atoms in total. The lowest BCUT2D eigenvalue weighted by molar-refractivity contribution is 0.0929. The van der Waals surface area contributed by atoms with E-state index in [9.17, 15) is 13.6 Å². The normalized spacial score (nSPS) is 14.4. The molecule has 1 saturated carbocycles. The minimum atomic E-state index is -0.845. The summed E-state index contributed by atoms with van der Waals surface area (Å²) < 4.78 is 32.0. The summed E-state index contributed by atoms with van der Waals surface area (Å²) in [5.41, 5.74) is -0.526. The summed E-state index contributed by atoms with van der Waals surface area (Å²) in [6.07, 6.45) is 3.11. The SMILES string of the molecule is O=C(NCCCOCC1CC1)c1c(F)cccc1F. The Morgan fingerprint density at radius 3 is 2.63 bits per heavy atom. The fraction of sp³-hybridized carbons (Fsp3) is 0.500. The van der Waals surface area contributed by atoms with Crippen LogP contribution in [0.2, 0.25) is 0 Å². The molecule has 1 amide bonds. The fourth-order valence-corrected chi connectivity index (χ4v) is 1.71. The molecule has 0 spiro atoms. The van der Waals surface area contributed by atoms with Gasteiger partial charge in [-0.3, -0.25) is 4.79 Å². The lowest BCUT2D eigenvalue weighted by atomic mass is 10.2. The van der Waals surface area contributed by atoms with Gasteiger partial charge in [-0.2, -0.15) is 0 Å². The van der Waals surface area contributed by atoms with Gasteiger partial charge in [0.05, 0.1) is 0 Å². The Labute approximate surface area is 111 Å². The Kier molecular flexibility index (Phi) is 4.85. The molecule has 19 heavy (non-hydrogen) atoms. The minimum Gasteiger partial charge on any atom is -0.381 e. The van der Waals surface area contributed by atoms with Crippen LogP contribution in [0.3, 0.4) is 0 Å². The van der Waals surface area contributed by atoms with E-state index in [4.69, 9.17) is 4.74 Å². The summed E-state index contributed by atoms with van der Waals surface area (Å²) in [4.78, 5) is 11.6. The van der Waals surface area contributed by atoms with E-state index < -0.39 is 23.1 Å². The van der Waals surface area contributed by atoms with Crippen molar-refractivity contribution in [2.24, 2.45) is 5.92 Å². The third kappa shape index (κ3) is 4.28. The molecule has 1 aromatic carbocycles. The highest BCUT2D eigenvalue weighted by Crippen LogP contribution is 2.28. The highest BCUT2D eigenvalue weighted by atomic mass is 19.1. The lowest BCUT2D eigenvalue weighted by Gasteiger charge is -2.07. The molecule has 1 aliphatic rings. The smallest absolute Gasteiger partial charge is 0.257 e. The average Bonchev–Trinajstić information content (AvgIpc) is 3.17. The first-order valence-corrected chi connectivity index (χ1v) is 6.48. The molecular formula is C14H17F2NO2. The van der Waals surface area contributed by atoms with Gasteiger partial charge in [0, 0.05) is 19.8 Å². The highest BCUT2D eigenvalue weighted by Gasteiger charge is 2.21. The molecule has 5 heteroatoms. The Balaban J connectivity index is 1.68. The molecule has 1 fully saturated rings. The van der Waals surface area contributed by atoms with E-state index in [0.29, 0.717) is 25.5 Å². The van der Waals surface area contributed by atoms with Gasteiger partial charge >= 0.3 is 0 Å². The van der Waals surface area contributed by atoms with Crippen molar-refractivity contribution in [3.63, 3.8) is 0 Å². The van der Waals surface area contributed by atoms with Crippen LogP contribution in [0, 0.1) is 17.6 Å². The van der Waals surface area contributed by atoms with E-state index in [1.807, 2.05) is 0 Å². The maximum atomic E-state index is 13.3. The monoisotopic (exact) mass is 269 g/mol. The number of amides is 1. The molecule has 0 radical (unpaired) electrons. The minimum absolute atomic E-state index is 0.345. The Bertz CT molecular complexity index is 427. The zero-order chi connectivity index (χ0) is 13.7. The van der Waals surface area contributed by atoms with Crippen LogP contribution in [0.4, 0.5) is 8.78 Å². The highest BCUT2D eigenvalue weighted by molar-refractivity contribution is 5.94. The lowest BCUT2D eigenvalue weighted by Crippen LogP contribution is -2.27. The van der Waals surface area contributed by atoms with E-state index in [1.165, 1.54) is 18.9 Å². The number of carbonyl (C=O) groups is 1. The second-order valence-corrected chi connectivity index (χ2v) is 4.72. The third-order valence-electron chi connectivity index (χ3n) is 2.99. The first-order chi connectivity index (χ1) is 9.18. The van der Waals surface area contributed by atoms with Crippen molar-refractivity contribution in [1.29, 1.82) is 0 Å². The predicted octanol–water partition coefficient (Wildman–Crippen LogP) is 2.51. The second kappa shape index (κ2) is 6.61. The standard InChI is InChI=1S/C14H17F2NO2/c15-11-3-1-4-12(16)13(11)14(18)17-7-2-8-19-9-10-5-6-10/h1,3-4,10H,2,5-9H2,(H,17,18). The molecule has 0 heterocycles. The maximum Gasteiger partial charge on any atom is 0.257 e. The van der Waals surface area contributed by atoms with Crippen molar-refractivity contribution in [3.05, 3.63) is 35.4 Å². The number of hydrogen-bond acceptors (Lipinski definition) is 2. The molecule has 0 unspecified atom stereocenters. The summed E-state index contributed by atoms with van der Waals surface area (Å²) in [5, 5.41) is 2.49. The number of rotatable bonds is 7. The molecule has 1 aliphatic carbocycles. The summed E-state index contributed by atoms with van der Waals surface area (Å²) in [6.45, 7) is 1.67. The third-order valence-corrected chi connectivity index (χ3v) is 2.99. The Morgan fingerprint density at radius 1 is 1.32 bits per heavy atom. The van der Waals surface area contributed by atoms with Crippen molar-refractivity contribution < 1.29 is 18.3 Å². The van der Waals surface area contributed by atoms with Gasteiger partial charge in [-0.25, -0.2) is 8.78 Å². The molecule has 0 bridgehead atoms. The van der Waals surface area contributed by atoms with Crippen LogP contribution in [0.5, 0.6) is 0 Å². The van der Waals surface area contributed by atoms with Crippen LogP contribution in [0.1, 0.15) is 29.6 Å². The molecule has 0 saturated heterocycles. The van der Waals surface area contributed by atoms with Gasteiger partial charge in [-0.15, -0.1) is 0 Å². The molecule has 104 valence electrons. The first-order valence-electron chi connectivity index (χ1n) is 6.48. The maximum absolute atomic E-state index is 13.3. The number of benzene rings is 1. The molecule has 1 aromatic rings. The van der Waals surface area contributed by atoms with Gasteiger partial charge in [0.15, 0.2) is 0 Å². The van der Waals surface area contributed by atoms with Crippen molar-refractivity contribution in [2.45, 2.75) is 19.3 Å². The van der Waals surface area contributed by atoms with Gasteiger partial charge < -0.3 is 10.1 Å². The number of ether oxygens (including phenoxy) is 1. The number of nitrogens with one attached hydrogen (secondary N) is 1. The van der Waals surface area contributed by atoms with Crippen molar-refractivity contribution in [1.82, 2.24) is 5.32 Å². The van der Waals surface area contributed by atoms with E-state index in [-0.39, 0.29) is 0 Å². The van der Waals surface area contributed by atoms with Gasteiger partial charge in [0.25, 0.3) is 5.91 Å².